The topological polar surface area (TPSA) is 95.5 Å². The Kier molecular flexibility index (Phi) is 9.37. The number of carbonyl (C=O) groups is 2. The molecule has 0 aliphatic carbocycles. The van der Waals surface area contributed by atoms with Crippen molar-refractivity contribution in [2.75, 3.05) is 27.4 Å². The summed E-state index contributed by atoms with van der Waals surface area (Å²) in [6.45, 7) is 2.01. The fourth-order valence-electron chi connectivity index (χ4n) is 2.34. The van der Waals surface area contributed by atoms with Crippen molar-refractivity contribution in [1.82, 2.24) is 5.43 Å². The lowest BCUT2D eigenvalue weighted by atomic mass is 10.2. The van der Waals surface area contributed by atoms with E-state index in [0.29, 0.717) is 38.6 Å². The molecule has 8 nitrogen and oxygen atoms in total. The summed E-state index contributed by atoms with van der Waals surface area (Å²) in [5, 5.41) is 4.01. The number of nitrogens with zero attached hydrogens (tertiary/aromatic N) is 1. The number of benzene rings is 2. The van der Waals surface area contributed by atoms with E-state index in [2.05, 4.69) is 53.8 Å². The van der Waals surface area contributed by atoms with Crippen LogP contribution in [0.25, 0.3) is 0 Å². The monoisotopic (exact) mass is 590 g/mol. The lowest BCUT2D eigenvalue weighted by Gasteiger charge is -2.14. The van der Waals surface area contributed by atoms with Crippen LogP contribution in [0.3, 0.4) is 0 Å². The molecule has 1 amide bonds. The molecule has 0 unspecified atom stereocenters. The Labute approximate surface area is 196 Å². The SMILES string of the molecule is CCOc1cc(/C=N\NC(=O)c2cc(Br)ccc2OC)cc(I)c1OCC(=O)OC. The summed E-state index contributed by atoms with van der Waals surface area (Å²) in [7, 11) is 2.78. The number of methoxy groups -OCH3 is 2. The maximum Gasteiger partial charge on any atom is 0.343 e. The molecule has 0 aliphatic rings. The first-order valence-corrected chi connectivity index (χ1v) is 10.6. The van der Waals surface area contributed by atoms with Gasteiger partial charge in [0.15, 0.2) is 18.1 Å². The van der Waals surface area contributed by atoms with Gasteiger partial charge in [0.25, 0.3) is 5.91 Å². The number of carbonyl (C=O) groups excluding carboxylic acids is 2. The molecule has 0 aliphatic heterocycles. The Balaban J connectivity index is 2.17. The van der Waals surface area contributed by atoms with Crippen molar-refractivity contribution in [3.63, 3.8) is 0 Å². The summed E-state index contributed by atoms with van der Waals surface area (Å²) in [5.74, 6) is 0.413. The van der Waals surface area contributed by atoms with E-state index in [1.807, 2.05) is 6.92 Å². The summed E-state index contributed by atoms with van der Waals surface area (Å²) in [5.41, 5.74) is 3.50. The molecule has 0 radical (unpaired) electrons. The molecule has 160 valence electrons. The van der Waals surface area contributed by atoms with Crippen LogP contribution in [0, 0.1) is 3.57 Å². The van der Waals surface area contributed by atoms with Crippen LogP contribution in [0.4, 0.5) is 0 Å². The van der Waals surface area contributed by atoms with Crippen LogP contribution in [-0.2, 0) is 9.53 Å². The number of amides is 1. The minimum atomic E-state index is -0.496. The summed E-state index contributed by atoms with van der Waals surface area (Å²) in [6, 6.07) is 8.60. The fourth-order valence-corrected chi connectivity index (χ4v) is 3.48. The van der Waals surface area contributed by atoms with Crippen molar-refractivity contribution < 1.29 is 28.5 Å². The maximum absolute atomic E-state index is 12.4. The molecule has 0 bridgehead atoms. The first kappa shape index (κ1) is 23.9. The van der Waals surface area contributed by atoms with Gasteiger partial charge in [-0.25, -0.2) is 10.2 Å². The Morgan fingerprint density at radius 3 is 2.60 bits per heavy atom. The van der Waals surface area contributed by atoms with E-state index in [9.17, 15) is 9.59 Å². The standard InChI is InChI=1S/C20H20BrIN2O6/c1-4-29-17-8-12(7-15(22)19(17)30-11-18(25)28-3)10-23-24-20(26)14-9-13(21)5-6-16(14)27-2/h5-10H,4,11H2,1-3H3,(H,24,26)/b23-10-. The molecule has 0 fully saturated rings. The second kappa shape index (κ2) is 11.7. The summed E-state index contributed by atoms with van der Waals surface area (Å²) in [6.07, 6.45) is 1.48. The maximum atomic E-state index is 12.4. The molecular weight excluding hydrogens is 571 g/mol. The highest BCUT2D eigenvalue weighted by atomic mass is 127. The van der Waals surface area contributed by atoms with Gasteiger partial charge in [-0.2, -0.15) is 5.10 Å². The minimum absolute atomic E-state index is 0.232. The van der Waals surface area contributed by atoms with Gasteiger partial charge in [0.05, 0.1) is 36.2 Å². The van der Waals surface area contributed by atoms with Crippen molar-refractivity contribution in [2.45, 2.75) is 6.92 Å². The quantitative estimate of drug-likeness (QED) is 0.207. The average Bonchev–Trinajstić information content (AvgIpc) is 2.73. The van der Waals surface area contributed by atoms with E-state index < -0.39 is 11.9 Å². The second-order valence-corrected chi connectivity index (χ2v) is 7.75. The molecule has 2 aromatic carbocycles. The van der Waals surface area contributed by atoms with E-state index in [-0.39, 0.29) is 6.61 Å². The van der Waals surface area contributed by atoms with Gasteiger partial charge in [-0.3, -0.25) is 4.79 Å². The molecule has 0 saturated carbocycles. The zero-order valence-corrected chi connectivity index (χ0v) is 20.3. The molecule has 0 aromatic heterocycles. The third kappa shape index (κ3) is 6.59. The van der Waals surface area contributed by atoms with Crippen molar-refractivity contribution >= 4 is 56.6 Å². The minimum Gasteiger partial charge on any atom is -0.496 e. The van der Waals surface area contributed by atoms with E-state index in [1.165, 1.54) is 20.4 Å². The lowest BCUT2D eigenvalue weighted by molar-refractivity contribution is -0.142. The largest absolute Gasteiger partial charge is 0.496 e. The first-order chi connectivity index (χ1) is 14.4. The molecular formula is C20H20BrIN2O6. The van der Waals surface area contributed by atoms with Gasteiger partial charge in [-0.1, -0.05) is 15.9 Å². The highest BCUT2D eigenvalue weighted by Crippen LogP contribution is 2.34. The van der Waals surface area contributed by atoms with Gasteiger partial charge in [0.1, 0.15) is 5.75 Å². The van der Waals surface area contributed by atoms with Gasteiger partial charge >= 0.3 is 5.97 Å². The van der Waals surface area contributed by atoms with Crippen molar-refractivity contribution in [3.8, 4) is 17.2 Å². The van der Waals surface area contributed by atoms with Crippen molar-refractivity contribution in [3.05, 3.63) is 49.5 Å². The first-order valence-electron chi connectivity index (χ1n) is 8.72. The average molecular weight is 591 g/mol. The zero-order chi connectivity index (χ0) is 22.1. The Morgan fingerprint density at radius 2 is 1.93 bits per heavy atom. The van der Waals surface area contributed by atoms with Gasteiger partial charge in [0.2, 0.25) is 0 Å². The normalized spacial score (nSPS) is 10.6. The van der Waals surface area contributed by atoms with Crippen LogP contribution in [0.2, 0.25) is 0 Å². The van der Waals surface area contributed by atoms with Crippen LogP contribution >= 0.6 is 38.5 Å². The fraction of sp³-hybridized carbons (Fsp3) is 0.250. The number of halogens is 2. The molecule has 30 heavy (non-hydrogen) atoms. The van der Waals surface area contributed by atoms with Gasteiger partial charge < -0.3 is 18.9 Å². The van der Waals surface area contributed by atoms with Crippen LogP contribution < -0.4 is 19.6 Å². The molecule has 2 aromatic rings. The Bertz CT molecular complexity index is 951. The van der Waals surface area contributed by atoms with E-state index in [1.54, 1.807) is 30.3 Å². The van der Waals surface area contributed by atoms with E-state index >= 15 is 0 Å². The van der Waals surface area contributed by atoms with Crippen molar-refractivity contribution in [1.29, 1.82) is 0 Å². The molecule has 0 saturated heterocycles. The third-order valence-corrected chi connectivity index (χ3v) is 4.97. The number of esters is 1. The van der Waals surface area contributed by atoms with Gasteiger partial charge in [-0.05, 0) is 65.4 Å². The Hall–Kier alpha value is -2.34. The molecule has 10 heteroatoms. The molecule has 0 atom stereocenters. The predicted octanol–water partition coefficient (Wildman–Crippen LogP) is 3.78. The van der Waals surface area contributed by atoms with Crippen LogP contribution in [-0.4, -0.2) is 45.5 Å². The third-order valence-electron chi connectivity index (χ3n) is 3.68. The van der Waals surface area contributed by atoms with Crippen LogP contribution in [0.5, 0.6) is 17.2 Å². The van der Waals surface area contributed by atoms with Gasteiger partial charge in [0, 0.05) is 4.47 Å². The van der Waals surface area contributed by atoms with Gasteiger partial charge in [-0.15, -0.1) is 0 Å². The number of hydrogen-bond donors (Lipinski definition) is 1. The molecule has 2 rings (SSSR count). The van der Waals surface area contributed by atoms with E-state index in [0.717, 1.165) is 4.47 Å². The van der Waals surface area contributed by atoms with Crippen LogP contribution in [0.15, 0.2) is 39.9 Å². The number of rotatable bonds is 9. The zero-order valence-electron chi connectivity index (χ0n) is 16.5. The Morgan fingerprint density at radius 1 is 1.17 bits per heavy atom. The number of hydrogen-bond acceptors (Lipinski definition) is 7. The predicted molar refractivity (Wildman–Crippen MR) is 124 cm³/mol. The highest BCUT2D eigenvalue weighted by molar-refractivity contribution is 14.1. The summed E-state index contributed by atoms with van der Waals surface area (Å²) in [4.78, 5) is 23.8. The number of nitrogens with one attached hydrogen (secondary N) is 1. The number of hydrazone groups is 1. The second-order valence-electron chi connectivity index (χ2n) is 5.67. The lowest BCUT2D eigenvalue weighted by Crippen LogP contribution is -2.18. The molecule has 1 N–H and O–H groups in total. The summed E-state index contributed by atoms with van der Waals surface area (Å²) < 4.78 is 22.4. The van der Waals surface area contributed by atoms with Crippen LogP contribution in [0.1, 0.15) is 22.8 Å². The van der Waals surface area contributed by atoms with Crippen molar-refractivity contribution in [2.24, 2.45) is 5.10 Å². The molecule has 0 heterocycles. The van der Waals surface area contributed by atoms with E-state index in [4.69, 9.17) is 14.2 Å². The highest BCUT2D eigenvalue weighted by Gasteiger charge is 2.15. The summed E-state index contributed by atoms with van der Waals surface area (Å²) >= 11 is 5.40. The number of ether oxygens (including phenoxy) is 4. The smallest absolute Gasteiger partial charge is 0.343 e. The molecule has 0 spiro atoms.